The number of benzene rings is 2. The van der Waals surface area contributed by atoms with Crippen LogP contribution in [0.15, 0.2) is 48.7 Å². The molecule has 2 aromatic carbocycles. The third-order valence-electron chi connectivity index (χ3n) is 3.25. The number of aromatic amines is 1. The van der Waals surface area contributed by atoms with Gasteiger partial charge in [-0.05, 0) is 42.3 Å². The molecule has 4 nitrogen and oxygen atoms in total. The molecule has 21 heavy (non-hydrogen) atoms. The second kappa shape index (κ2) is 5.75. The Hall–Kier alpha value is -2.69. The van der Waals surface area contributed by atoms with Crippen LogP contribution >= 0.6 is 0 Å². The molecule has 1 heterocycles. The van der Waals surface area contributed by atoms with Gasteiger partial charge in [0, 0.05) is 17.5 Å². The van der Waals surface area contributed by atoms with E-state index in [-0.39, 0.29) is 11.7 Å². The first-order valence-electron chi connectivity index (χ1n) is 6.68. The summed E-state index contributed by atoms with van der Waals surface area (Å²) in [5.41, 5.74) is 2.47. The zero-order valence-electron chi connectivity index (χ0n) is 11.3. The number of hydrogen-bond donors (Lipinski definition) is 2. The molecular formula is C16H14FN3O. The van der Waals surface area contributed by atoms with Crippen LogP contribution in [0.25, 0.3) is 10.9 Å². The summed E-state index contributed by atoms with van der Waals surface area (Å²) in [6, 6.07) is 11.8. The number of nitrogens with zero attached hydrogens (tertiary/aromatic N) is 1. The van der Waals surface area contributed by atoms with Crippen LogP contribution in [-0.4, -0.2) is 16.1 Å². The molecule has 106 valence electrons. The number of H-pyrrole nitrogens is 1. The molecule has 3 rings (SSSR count). The van der Waals surface area contributed by atoms with E-state index in [1.54, 1.807) is 12.3 Å². The normalized spacial score (nSPS) is 10.7. The van der Waals surface area contributed by atoms with Crippen molar-refractivity contribution in [2.75, 3.05) is 5.32 Å². The summed E-state index contributed by atoms with van der Waals surface area (Å²) in [4.78, 5) is 11.9. The summed E-state index contributed by atoms with van der Waals surface area (Å²) in [5.74, 6) is -0.375. The fraction of sp³-hybridized carbons (Fsp3) is 0.125. The molecule has 0 bridgehead atoms. The lowest BCUT2D eigenvalue weighted by Crippen LogP contribution is -2.12. The largest absolute Gasteiger partial charge is 0.326 e. The molecule has 0 aliphatic carbocycles. The summed E-state index contributed by atoms with van der Waals surface area (Å²) >= 11 is 0. The second-order valence-corrected chi connectivity index (χ2v) is 4.85. The number of carbonyl (C=O) groups is 1. The zero-order chi connectivity index (χ0) is 14.7. The maximum Gasteiger partial charge on any atom is 0.224 e. The van der Waals surface area contributed by atoms with Crippen molar-refractivity contribution < 1.29 is 9.18 Å². The van der Waals surface area contributed by atoms with Gasteiger partial charge in [-0.1, -0.05) is 12.1 Å². The van der Waals surface area contributed by atoms with Gasteiger partial charge in [0.2, 0.25) is 5.91 Å². The standard InChI is InChI=1S/C16H14FN3O/c17-13-3-1-2-11(8-13)4-7-16(21)19-14-5-6-15-12(9-14)10-18-20-15/h1-3,5-6,8-10H,4,7H2,(H,18,20)(H,19,21). The van der Waals surface area contributed by atoms with Gasteiger partial charge >= 0.3 is 0 Å². The monoisotopic (exact) mass is 283 g/mol. The van der Waals surface area contributed by atoms with Gasteiger partial charge in [0.25, 0.3) is 0 Å². The molecule has 0 radical (unpaired) electrons. The van der Waals surface area contributed by atoms with Crippen LogP contribution in [0.5, 0.6) is 0 Å². The van der Waals surface area contributed by atoms with E-state index < -0.39 is 0 Å². The summed E-state index contributed by atoms with van der Waals surface area (Å²) in [6.45, 7) is 0. The molecule has 0 spiro atoms. The number of halogens is 1. The Morgan fingerprint density at radius 1 is 1.24 bits per heavy atom. The lowest BCUT2D eigenvalue weighted by atomic mass is 10.1. The Bertz CT molecular complexity index is 782. The van der Waals surface area contributed by atoms with Crippen LogP contribution in [0.1, 0.15) is 12.0 Å². The molecule has 0 saturated carbocycles. The lowest BCUT2D eigenvalue weighted by Gasteiger charge is -2.05. The first-order chi connectivity index (χ1) is 10.2. The maximum absolute atomic E-state index is 13.0. The summed E-state index contributed by atoms with van der Waals surface area (Å²) in [6.07, 6.45) is 2.53. The lowest BCUT2D eigenvalue weighted by molar-refractivity contribution is -0.116. The average molecular weight is 283 g/mol. The quantitative estimate of drug-likeness (QED) is 0.772. The first-order valence-corrected chi connectivity index (χ1v) is 6.68. The van der Waals surface area contributed by atoms with Gasteiger partial charge in [-0.3, -0.25) is 9.89 Å². The smallest absolute Gasteiger partial charge is 0.224 e. The van der Waals surface area contributed by atoms with Gasteiger partial charge in [-0.15, -0.1) is 0 Å². The topological polar surface area (TPSA) is 57.8 Å². The van der Waals surface area contributed by atoms with E-state index in [0.29, 0.717) is 12.8 Å². The van der Waals surface area contributed by atoms with Gasteiger partial charge in [0.15, 0.2) is 0 Å². The minimum atomic E-state index is -0.279. The van der Waals surface area contributed by atoms with Gasteiger partial charge in [0.05, 0.1) is 11.7 Å². The average Bonchev–Trinajstić information content (AvgIpc) is 2.93. The number of nitrogens with one attached hydrogen (secondary N) is 2. The van der Waals surface area contributed by atoms with Crippen molar-refractivity contribution in [3.05, 3.63) is 60.0 Å². The number of aromatic nitrogens is 2. The minimum Gasteiger partial charge on any atom is -0.326 e. The molecule has 1 aromatic heterocycles. The molecule has 2 N–H and O–H groups in total. The predicted molar refractivity (Wildman–Crippen MR) is 79.4 cm³/mol. The molecule has 0 fully saturated rings. The van der Waals surface area contributed by atoms with Crippen LogP contribution < -0.4 is 5.32 Å². The number of fused-ring (bicyclic) bond motifs is 1. The zero-order valence-corrected chi connectivity index (χ0v) is 11.3. The van der Waals surface area contributed by atoms with Crippen molar-refractivity contribution in [3.8, 4) is 0 Å². The van der Waals surface area contributed by atoms with Crippen LogP contribution in [0.2, 0.25) is 0 Å². The van der Waals surface area contributed by atoms with Crippen molar-refractivity contribution in [2.24, 2.45) is 0 Å². The number of amides is 1. The Morgan fingerprint density at radius 3 is 3.00 bits per heavy atom. The number of aryl methyl sites for hydroxylation is 1. The van der Waals surface area contributed by atoms with Crippen LogP contribution in [-0.2, 0) is 11.2 Å². The van der Waals surface area contributed by atoms with Gasteiger partial charge in [-0.2, -0.15) is 5.10 Å². The van der Waals surface area contributed by atoms with Crippen LogP contribution in [0, 0.1) is 5.82 Å². The molecule has 1 amide bonds. The van der Waals surface area contributed by atoms with Crippen molar-refractivity contribution in [1.29, 1.82) is 0 Å². The Labute approximate surface area is 121 Å². The molecule has 0 aliphatic heterocycles. The van der Waals surface area contributed by atoms with Crippen molar-refractivity contribution in [3.63, 3.8) is 0 Å². The van der Waals surface area contributed by atoms with E-state index in [1.165, 1.54) is 12.1 Å². The van der Waals surface area contributed by atoms with E-state index in [4.69, 9.17) is 0 Å². The number of carbonyl (C=O) groups excluding carboxylic acids is 1. The highest BCUT2D eigenvalue weighted by Gasteiger charge is 2.05. The van der Waals surface area contributed by atoms with E-state index in [2.05, 4.69) is 15.5 Å². The minimum absolute atomic E-state index is 0.0953. The molecule has 0 saturated heterocycles. The maximum atomic E-state index is 13.0. The van der Waals surface area contributed by atoms with E-state index in [9.17, 15) is 9.18 Å². The van der Waals surface area contributed by atoms with Gasteiger partial charge < -0.3 is 5.32 Å². The highest BCUT2D eigenvalue weighted by atomic mass is 19.1. The molecule has 0 unspecified atom stereocenters. The SMILES string of the molecule is O=C(CCc1cccc(F)c1)Nc1ccc2[nH]ncc2c1. The Morgan fingerprint density at radius 2 is 2.14 bits per heavy atom. The summed E-state index contributed by atoms with van der Waals surface area (Å²) < 4.78 is 13.0. The molecular weight excluding hydrogens is 269 g/mol. The predicted octanol–water partition coefficient (Wildman–Crippen LogP) is 3.27. The highest BCUT2D eigenvalue weighted by molar-refractivity contribution is 5.93. The summed E-state index contributed by atoms with van der Waals surface area (Å²) in [5, 5.41) is 10.6. The van der Waals surface area contributed by atoms with Crippen molar-refractivity contribution in [2.45, 2.75) is 12.8 Å². The van der Waals surface area contributed by atoms with Crippen LogP contribution in [0.4, 0.5) is 10.1 Å². The molecule has 5 heteroatoms. The first kappa shape index (κ1) is 13.3. The summed E-state index contributed by atoms with van der Waals surface area (Å²) in [7, 11) is 0. The fourth-order valence-electron chi connectivity index (χ4n) is 2.19. The second-order valence-electron chi connectivity index (χ2n) is 4.85. The number of rotatable bonds is 4. The highest BCUT2D eigenvalue weighted by Crippen LogP contribution is 2.17. The molecule has 0 atom stereocenters. The molecule has 0 aliphatic rings. The number of hydrogen-bond acceptors (Lipinski definition) is 2. The fourth-order valence-corrected chi connectivity index (χ4v) is 2.19. The van der Waals surface area contributed by atoms with E-state index >= 15 is 0 Å². The third-order valence-corrected chi connectivity index (χ3v) is 3.25. The van der Waals surface area contributed by atoms with E-state index in [1.807, 2.05) is 24.3 Å². The Kier molecular flexibility index (Phi) is 3.64. The Balaban J connectivity index is 1.60. The third kappa shape index (κ3) is 3.25. The van der Waals surface area contributed by atoms with Crippen molar-refractivity contribution >= 4 is 22.5 Å². The number of anilines is 1. The van der Waals surface area contributed by atoms with E-state index in [0.717, 1.165) is 22.2 Å². The van der Waals surface area contributed by atoms with Gasteiger partial charge in [0.1, 0.15) is 5.82 Å². The van der Waals surface area contributed by atoms with Crippen LogP contribution in [0.3, 0.4) is 0 Å². The van der Waals surface area contributed by atoms with Gasteiger partial charge in [-0.25, -0.2) is 4.39 Å². The molecule has 3 aromatic rings. The van der Waals surface area contributed by atoms with Crippen molar-refractivity contribution in [1.82, 2.24) is 10.2 Å².